The highest BCUT2D eigenvalue weighted by molar-refractivity contribution is 5.94. The zero-order valence-electron chi connectivity index (χ0n) is 11.2. The van der Waals surface area contributed by atoms with Crippen LogP contribution in [0, 0.1) is 12.3 Å². The molecule has 0 aliphatic carbocycles. The van der Waals surface area contributed by atoms with Gasteiger partial charge in [0.1, 0.15) is 0 Å². The van der Waals surface area contributed by atoms with Crippen LogP contribution < -0.4 is 0 Å². The summed E-state index contributed by atoms with van der Waals surface area (Å²) in [5.74, 6) is -0.950. The Morgan fingerprint density at radius 2 is 2.21 bits per heavy atom. The summed E-state index contributed by atoms with van der Waals surface area (Å²) in [6.45, 7) is 4.41. The van der Waals surface area contributed by atoms with Crippen LogP contribution in [-0.2, 0) is 4.79 Å². The molecule has 102 valence electrons. The van der Waals surface area contributed by atoms with Crippen molar-refractivity contribution in [1.82, 2.24) is 9.88 Å². The van der Waals surface area contributed by atoms with E-state index in [0.717, 1.165) is 12.1 Å². The van der Waals surface area contributed by atoms with E-state index in [0.29, 0.717) is 18.5 Å². The number of piperidine rings is 1. The number of aliphatic carboxylic acids is 1. The van der Waals surface area contributed by atoms with E-state index in [1.807, 2.05) is 6.92 Å². The molecule has 2 rings (SSSR count). The molecule has 1 N–H and O–H groups in total. The van der Waals surface area contributed by atoms with Gasteiger partial charge < -0.3 is 10.0 Å². The van der Waals surface area contributed by atoms with Crippen LogP contribution >= 0.6 is 0 Å². The first-order valence-electron chi connectivity index (χ1n) is 6.38. The molecule has 0 aromatic carbocycles. The Bertz CT molecular complexity index is 515. The molecule has 1 amide bonds. The van der Waals surface area contributed by atoms with Gasteiger partial charge in [0, 0.05) is 30.5 Å². The van der Waals surface area contributed by atoms with Gasteiger partial charge in [0.15, 0.2) is 0 Å². The molecule has 1 aromatic heterocycles. The Kier molecular flexibility index (Phi) is 3.55. The lowest BCUT2D eigenvalue weighted by Crippen LogP contribution is -2.48. The van der Waals surface area contributed by atoms with E-state index in [1.54, 1.807) is 30.2 Å². The van der Waals surface area contributed by atoms with Crippen LogP contribution in [-0.4, -0.2) is 40.0 Å². The second kappa shape index (κ2) is 4.99. The Morgan fingerprint density at radius 3 is 2.84 bits per heavy atom. The molecule has 0 radical (unpaired) electrons. The number of aryl methyl sites for hydroxylation is 1. The second-order valence-corrected chi connectivity index (χ2v) is 5.38. The van der Waals surface area contributed by atoms with E-state index in [4.69, 9.17) is 0 Å². The molecule has 0 saturated carbocycles. The van der Waals surface area contributed by atoms with Crippen LogP contribution in [0.25, 0.3) is 0 Å². The summed E-state index contributed by atoms with van der Waals surface area (Å²) in [4.78, 5) is 29.3. The summed E-state index contributed by atoms with van der Waals surface area (Å²) >= 11 is 0. The van der Waals surface area contributed by atoms with Crippen molar-refractivity contribution in [2.24, 2.45) is 5.41 Å². The SMILES string of the molecule is Cc1cc(C(=O)N2CCCC(C)(C(=O)O)C2)ccn1. The average Bonchev–Trinajstić information content (AvgIpc) is 2.38. The number of rotatable bonds is 2. The zero-order chi connectivity index (χ0) is 14.0. The van der Waals surface area contributed by atoms with Gasteiger partial charge in [-0.2, -0.15) is 0 Å². The number of carboxylic acids is 1. The van der Waals surface area contributed by atoms with E-state index in [9.17, 15) is 14.7 Å². The fourth-order valence-corrected chi connectivity index (χ4v) is 2.45. The molecular weight excluding hydrogens is 244 g/mol. The van der Waals surface area contributed by atoms with Crippen molar-refractivity contribution < 1.29 is 14.7 Å². The molecule has 1 saturated heterocycles. The first-order valence-corrected chi connectivity index (χ1v) is 6.38. The fourth-order valence-electron chi connectivity index (χ4n) is 2.45. The average molecular weight is 262 g/mol. The fraction of sp³-hybridized carbons (Fsp3) is 0.500. The lowest BCUT2D eigenvalue weighted by Gasteiger charge is -2.37. The number of carboxylic acid groups (broad SMARTS) is 1. The number of carbonyl (C=O) groups excluding carboxylic acids is 1. The standard InChI is InChI=1S/C14H18N2O3/c1-10-8-11(4-6-15-10)12(17)16-7-3-5-14(2,9-16)13(18)19/h4,6,8H,3,5,7,9H2,1-2H3,(H,18,19). The number of likely N-dealkylation sites (tertiary alicyclic amines) is 1. The van der Waals surface area contributed by atoms with Crippen molar-refractivity contribution in [1.29, 1.82) is 0 Å². The van der Waals surface area contributed by atoms with Gasteiger partial charge >= 0.3 is 5.97 Å². The highest BCUT2D eigenvalue weighted by Gasteiger charge is 2.39. The van der Waals surface area contributed by atoms with Gasteiger partial charge in [0.25, 0.3) is 5.91 Å². The molecule has 0 bridgehead atoms. The Morgan fingerprint density at radius 1 is 1.47 bits per heavy atom. The van der Waals surface area contributed by atoms with E-state index in [2.05, 4.69) is 4.98 Å². The summed E-state index contributed by atoms with van der Waals surface area (Å²) in [5, 5.41) is 9.26. The quantitative estimate of drug-likeness (QED) is 0.881. The first-order chi connectivity index (χ1) is 8.92. The normalized spacial score (nSPS) is 23.2. The largest absolute Gasteiger partial charge is 0.481 e. The maximum absolute atomic E-state index is 12.4. The third-order valence-electron chi connectivity index (χ3n) is 3.64. The van der Waals surface area contributed by atoms with Gasteiger partial charge in [-0.15, -0.1) is 0 Å². The highest BCUT2D eigenvalue weighted by atomic mass is 16.4. The van der Waals surface area contributed by atoms with Crippen molar-refractivity contribution in [2.75, 3.05) is 13.1 Å². The van der Waals surface area contributed by atoms with Gasteiger partial charge in [-0.05, 0) is 38.8 Å². The van der Waals surface area contributed by atoms with Gasteiger partial charge in [-0.25, -0.2) is 0 Å². The van der Waals surface area contributed by atoms with Crippen LogP contribution in [0.3, 0.4) is 0 Å². The molecule has 1 aromatic rings. The second-order valence-electron chi connectivity index (χ2n) is 5.38. The van der Waals surface area contributed by atoms with Crippen molar-refractivity contribution in [3.05, 3.63) is 29.6 Å². The van der Waals surface area contributed by atoms with Crippen LogP contribution in [0.1, 0.15) is 35.8 Å². The molecule has 19 heavy (non-hydrogen) atoms. The predicted octanol–water partition coefficient (Wildman–Crippen LogP) is 1.72. The molecular formula is C14H18N2O3. The number of pyridine rings is 1. The summed E-state index contributed by atoms with van der Waals surface area (Å²) in [5.41, 5.74) is 0.515. The Balaban J connectivity index is 2.18. The lowest BCUT2D eigenvalue weighted by molar-refractivity contribution is -0.150. The van der Waals surface area contributed by atoms with Gasteiger partial charge in [-0.1, -0.05) is 0 Å². The van der Waals surface area contributed by atoms with E-state index in [-0.39, 0.29) is 12.5 Å². The van der Waals surface area contributed by atoms with Crippen LogP contribution in [0.4, 0.5) is 0 Å². The van der Waals surface area contributed by atoms with E-state index >= 15 is 0 Å². The van der Waals surface area contributed by atoms with E-state index in [1.165, 1.54) is 0 Å². The molecule has 1 atom stereocenters. The maximum Gasteiger partial charge on any atom is 0.311 e. The minimum atomic E-state index is -0.837. The van der Waals surface area contributed by atoms with Gasteiger partial charge in [-0.3, -0.25) is 14.6 Å². The Hall–Kier alpha value is -1.91. The summed E-state index contributed by atoms with van der Waals surface area (Å²) in [7, 11) is 0. The van der Waals surface area contributed by atoms with Crippen LogP contribution in [0.2, 0.25) is 0 Å². The molecule has 1 aliphatic rings. The smallest absolute Gasteiger partial charge is 0.311 e. The van der Waals surface area contributed by atoms with Crippen LogP contribution in [0.15, 0.2) is 18.3 Å². The summed E-state index contributed by atoms with van der Waals surface area (Å²) < 4.78 is 0. The molecule has 1 fully saturated rings. The molecule has 5 nitrogen and oxygen atoms in total. The van der Waals surface area contributed by atoms with Crippen molar-refractivity contribution in [3.63, 3.8) is 0 Å². The topological polar surface area (TPSA) is 70.5 Å². The number of hydrogen-bond donors (Lipinski definition) is 1. The predicted molar refractivity (Wildman–Crippen MR) is 69.9 cm³/mol. The highest BCUT2D eigenvalue weighted by Crippen LogP contribution is 2.30. The lowest BCUT2D eigenvalue weighted by atomic mass is 9.82. The van der Waals surface area contributed by atoms with E-state index < -0.39 is 11.4 Å². The minimum absolute atomic E-state index is 0.113. The number of hydrogen-bond acceptors (Lipinski definition) is 3. The van der Waals surface area contributed by atoms with Gasteiger partial charge in [0.05, 0.1) is 5.41 Å². The summed E-state index contributed by atoms with van der Waals surface area (Å²) in [6, 6.07) is 3.40. The molecule has 5 heteroatoms. The third-order valence-corrected chi connectivity index (χ3v) is 3.64. The molecule has 1 unspecified atom stereocenters. The summed E-state index contributed by atoms with van der Waals surface area (Å²) in [6.07, 6.45) is 2.93. The zero-order valence-corrected chi connectivity index (χ0v) is 11.2. The minimum Gasteiger partial charge on any atom is -0.481 e. The van der Waals surface area contributed by atoms with Crippen molar-refractivity contribution in [2.45, 2.75) is 26.7 Å². The monoisotopic (exact) mass is 262 g/mol. The number of carbonyl (C=O) groups is 2. The van der Waals surface area contributed by atoms with Crippen LogP contribution in [0.5, 0.6) is 0 Å². The molecule has 1 aliphatic heterocycles. The van der Waals surface area contributed by atoms with Crippen molar-refractivity contribution in [3.8, 4) is 0 Å². The molecule has 2 heterocycles. The number of nitrogens with zero attached hydrogens (tertiary/aromatic N) is 2. The number of aromatic nitrogens is 1. The molecule has 0 spiro atoms. The Labute approximate surface area is 112 Å². The third kappa shape index (κ3) is 2.75. The number of amides is 1. The maximum atomic E-state index is 12.4. The van der Waals surface area contributed by atoms with Crippen molar-refractivity contribution >= 4 is 11.9 Å². The van der Waals surface area contributed by atoms with Gasteiger partial charge in [0.2, 0.25) is 0 Å². The first kappa shape index (κ1) is 13.5.